The fourth-order valence-corrected chi connectivity index (χ4v) is 1.34. The van der Waals surface area contributed by atoms with Crippen molar-refractivity contribution in [2.45, 2.75) is 12.6 Å². The van der Waals surface area contributed by atoms with Crippen LogP contribution in [0.4, 0.5) is 13.2 Å². The smallest absolute Gasteiger partial charge is 0.416 e. The topological polar surface area (TPSA) is 9.23 Å². The van der Waals surface area contributed by atoms with Crippen molar-refractivity contribution >= 4 is 24.2 Å². The van der Waals surface area contributed by atoms with E-state index in [0.29, 0.717) is 18.8 Å². The Hall–Kier alpha value is -0.550. The van der Waals surface area contributed by atoms with Gasteiger partial charge in [-0.05, 0) is 30.4 Å². The second kappa shape index (κ2) is 5.68. The van der Waals surface area contributed by atoms with Crippen molar-refractivity contribution in [3.05, 3.63) is 28.8 Å². The number of alkyl halides is 3. The molecule has 6 heteroatoms. The predicted molar refractivity (Wildman–Crippen MR) is 60.4 cm³/mol. The first-order valence-corrected chi connectivity index (χ1v) is 5.56. The first-order chi connectivity index (χ1) is 7.45. The van der Waals surface area contributed by atoms with Gasteiger partial charge in [0.05, 0.1) is 17.2 Å². The lowest BCUT2D eigenvalue weighted by molar-refractivity contribution is -0.137. The summed E-state index contributed by atoms with van der Waals surface area (Å²) in [4.78, 5) is 0. The van der Waals surface area contributed by atoms with Gasteiger partial charge in [0.1, 0.15) is 5.75 Å². The summed E-state index contributed by atoms with van der Waals surface area (Å²) in [6.45, 7) is 0.296. The summed E-state index contributed by atoms with van der Waals surface area (Å²) >= 11 is 9.68. The van der Waals surface area contributed by atoms with Gasteiger partial charge >= 0.3 is 6.18 Å². The highest BCUT2D eigenvalue weighted by atomic mass is 35.5. The van der Waals surface area contributed by atoms with E-state index in [0.717, 1.165) is 12.1 Å². The first kappa shape index (κ1) is 13.5. The second-order valence-electron chi connectivity index (χ2n) is 3.07. The van der Waals surface area contributed by atoms with Crippen LogP contribution in [0.1, 0.15) is 12.0 Å². The molecule has 16 heavy (non-hydrogen) atoms. The lowest BCUT2D eigenvalue weighted by Crippen LogP contribution is -2.06. The summed E-state index contributed by atoms with van der Waals surface area (Å²) in [6.07, 6.45) is -3.73. The van der Waals surface area contributed by atoms with Gasteiger partial charge in [-0.1, -0.05) is 11.6 Å². The van der Waals surface area contributed by atoms with Crippen LogP contribution >= 0.6 is 24.2 Å². The van der Waals surface area contributed by atoms with Gasteiger partial charge < -0.3 is 4.74 Å². The first-order valence-electron chi connectivity index (χ1n) is 4.55. The van der Waals surface area contributed by atoms with E-state index in [2.05, 4.69) is 12.6 Å². The Morgan fingerprint density at radius 2 is 2.00 bits per heavy atom. The van der Waals surface area contributed by atoms with Crippen LogP contribution in [0.5, 0.6) is 5.75 Å². The third-order valence-corrected chi connectivity index (χ3v) is 2.45. The van der Waals surface area contributed by atoms with Gasteiger partial charge in [-0.25, -0.2) is 0 Å². The Kier molecular flexibility index (Phi) is 4.80. The van der Waals surface area contributed by atoms with Crippen molar-refractivity contribution in [2.75, 3.05) is 12.4 Å². The van der Waals surface area contributed by atoms with E-state index in [-0.39, 0.29) is 10.8 Å². The Morgan fingerprint density at radius 3 is 2.56 bits per heavy atom. The molecule has 1 nitrogen and oxygen atoms in total. The molecule has 0 aliphatic rings. The van der Waals surface area contributed by atoms with Crippen molar-refractivity contribution in [1.29, 1.82) is 0 Å². The van der Waals surface area contributed by atoms with E-state index in [1.54, 1.807) is 0 Å². The van der Waals surface area contributed by atoms with Gasteiger partial charge in [-0.2, -0.15) is 25.8 Å². The third kappa shape index (κ3) is 3.79. The molecule has 90 valence electrons. The Bertz CT molecular complexity index is 354. The van der Waals surface area contributed by atoms with Crippen molar-refractivity contribution < 1.29 is 17.9 Å². The Balaban J connectivity index is 2.83. The van der Waals surface area contributed by atoms with Crippen LogP contribution in [0.3, 0.4) is 0 Å². The molecule has 0 aromatic heterocycles. The average molecular weight is 271 g/mol. The van der Waals surface area contributed by atoms with Crippen molar-refractivity contribution in [1.82, 2.24) is 0 Å². The van der Waals surface area contributed by atoms with E-state index in [9.17, 15) is 13.2 Å². The van der Waals surface area contributed by atoms with Gasteiger partial charge in [0.25, 0.3) is 0 Å². The van der Waals surface area contributed by atoms with Crippen molar-refractivity contribution in [3.63, 3.8) is 0 Å². The molecule has 1 rings (SSSR count). The molecule has 0 saturated heterocycles. The zero-order chi connectivity index (χ0) is 12.2. The SMILES string of the molecule is FC(F)(F)c1ccc(Cl)c(OCCCS)c1. The van der Waals surface area contributed by atoms with E-state index in [4.69, 9.17) is 16.3 Å². The van der Waals surface area contributed by atoms with Crippen molar-refractivity contribution in [2.24, 2.45) is 0 Å². The highest BCUT2D eigenvalue weighted by Crippen LogP contribution is 2.34. The number of rotatable bonds is 4. The molecule has 0 bridgehead atoms. The Morgan fingerprint density at radius 1 is 1.31 bits per heavy atom. The van der Waals surface area contributed by atoms with Crippen LogP contribution in [0, 0.1) is 0 Å². The maximum Gasteiger partial charge on any atom is 0.416 e. The third-order valence-electron chi connectivity index (χ3n) is 1.82. The molecule has 0 saturated carbocycles. The largest absolute Gasteiger partial charge is 0.492 e. The number of hydrogen-bond donors (Lipinski definition) is 1. The predicted octanol–water partition coefficient (Wildman–Crippen LogP) is 4.06. The number of hydrogen-bond acceptors (Lipinski definition) is 2. The van der Waals surface area contributed by atoms with Crippen LogP contribution in [0.25, 0.3) is 0 Å². The molecule has 0 aliphatic heterocycles. The quantitative estimate of drug-likeness (QED) is 0.641. The maximum absolute atomic E-state index is 12.4. The highest BCUT2D eigenvalue weighted by molar-refractivity contribution is 7.80. The van der Waals surface area contributed by atoms with E-state index >= 15 is 0 Å². The monoisotopic (exact) mass is 270 g/mol. The number of ether oxygens (including phenoxy) is 1. The lowest BCUT2D eigenvalue weighted by atomic mass is 10.2. The average Bonchev–Trinajstić information content (AvgIpc) is 2.19. The van der Waals surface area contributed by atoms with Gasteiger partial charge in [0, 0.05) is 0 Å². The number of halogens is 4. The van der Waals surface area contributed by atoms with E-state index in [1.165, 1.54) is 6.07 Å². The molecule has 0 amide bonds. The van der Waals surface area contributed by atoms with Crippen LogP contribution in [0.2, 0.25) is 5.02 Å². The summed E-state index contributed by atoms with van der Waals surface area (Å²) in [5.74, 6) is 0.662. The number of benzene rings is 1. The molecule has 0 heterocycles. The van der Waals surface area contributed by atoms with Gasteiger partial charge in [0.15, 0.2) is 0 Å². The maximum atomic E-state index is 12.4. The molecule has 0 aliphatic carbocycles. The Labute approximate surface area is 102 Å². The van der Waals surface area contributed by atoms with Crippen LogP contribution in [-0.2, 0) is 6.18 Å². The normalized spacial score (nSPS) is 11.6. The zero-order valence-electron chi connectivity index (χ0n) is 8.22. The van der Waals surface area contributed by atoms with Crippen LogP contribution < -0.4 is 4.74 Å². The fourth-order valence-electron chi connectivity index (χ4n) is 1.04. The van der Waals surface area contributed by atoms with Crippen LogP contribution in [-0.4, -0.2) is 12.4 Å². The molecule has 1 aromatic carbocycles. The molecule has 0 atom stereocenters. The van der Waals surface area contributed by atoms with Gasteiger partial charge in [0.2, 0.25) is 0 Å². The lowest BCUT2D eigenvalue weighted by Gasteiger charge is -2.11. The summed E-state index contributed by atoms with van der Waals surface area (Å²) in [5, 5.41) is 0.173. The second-order valence-corrected chi connectivity index (χ2v) is 3.92. The zero-order valence-corrected chi connectivity index (χ0v) is 9.87. The van der Waals surface area contributed by atoms with Crippen molar-refractivity contribution in [3.8, 4) is 5.75 Å². The summed E-state index contributed by atoms with van der Waals surface area (Å²) in [5.41, 5.74) is -0.766. The molecule has 0 N–H and O–H groups in total. The minimum absolute atomic E-state index is 0.0540. The molecule has 0 fully saturated rings. The van der Waals surface area contributed by atoms with Gasteiger partial charge in [-0.3, -0.25) is 0 Å². The molecule has 1 aromatic rings. The molecular weight excluding hydrogens is 261 g/mol. The number of thiol groups is 1. The summed E-state index contributed by atoms with van der Waals surface area (Å²) in [6, 6.07) is 3.01. The molecule has 0 spiro atoms. The molecule has 0 unspecified atom stereocenters. The van der Waals surface area contributed by atoms with E-state index in [1.807, 2.05) is 0 Å². The minimum atomic E-state index is -4.38. The fraction of sp³-hybridized carbons (Fsp3) is 0.400. The summed E-state index contributed by atoms with van der Waals surface area (Å²) < 4.78 is 42.3. The minimum Gasteiger partial charge on any atom is -0.492 e. The van der Waals surface area contributed by atoms with E-state index < -0.39 is 11.7 Å². The van der Waals surface area contributed by atoms with Crippen LogP contribution in [0.15, 0.2) is 18.2 Å². The van der Waals surface area contributed by atoms with Gasteiger partial charge in [-0.15, -0.1) is 0 Å². The summed E-state index contributed by atoms with van der Waals surface area (Å²) in [7, 11) is 0. The molecule has 0 radical (unpaired) electrons. The highest BCUT2D eigenvalue weighted by Gasteiger charge is 2.31. The molecular formula is C10H10ClF3OS. The standard InChI is InChI=1S/C10H10ClF3OS/c11-8-3-2-7(10(12,13)14)6-9(8)15-4-1-5-16/h2-3,6,16H,1,4-5H2.